The van der Waals surface area contributed by atoms with Gasteiger partial charge in [0.25, 0.3) is 0 Å². The summed E-state index contributed by atoms with van der Waals surface area (Å²) in [5.74, 6) is -0.336. The highest BCUT2D eigenvalue weighted by molar-refractivity contribution is 5.69. The molecule has 9 nitrogen and oxygen atoms in total. The van der Waals surface area contributed by atoms with Gasteiger partial charge in [0, 0.05) is 13.0 Å². The van der Waals surface area contributed by atoms with Gasteiger partial charge in [0.15, 0.2) is 6.29 Å². The maximum Gasteiger partial charge on any atom is 0.306 e. The lowest BCUT2D eigenvalue weighted by molar-refractivity contribution is -0.305. The lowest BCUT2D eigenvalue weighted by Gasteiger charge is -2.39. The smallest absolute Gasteiger partial charge is 0.306 e. The van der Waals surface area contributed by atoms with Gasteiger partial charge in [-0.05, 0) is 51.4 Å². The van der Waals surface area contributed by atoms with Crippen molar-refractivity contribution in [3.8, 4) is 0 Å². The van der Waals surface area contributed by atoms with E-state index in [2.05, 4.69) is 62.5 Å². The number of allylic oxidation sites excluding steroid dienone is 8. The average Bonchev–Trinajstić information content (AvgIpc) is 3.18. The molecule has 0 radical (unpaired) electrons. The van der Waals surface area contributed by atoms with E-state index in [9.17, 15) is 25.2 Å². The Morgan fingerprint density at radius 3 is 1.67 bits per heavy atom. The maximum absolute atomic E-state index is 12.8. The van der Waals surface area contributed by atoms with Gasteiger partial charge in [0.1, 0.15) is 30.5 Å². The van der Waals surface area contributed by atoms with E-state index in [0.29, 0.717) is 13.0 Å². The molecule has 0 amide bonds. The standard InChI is InChI=1S/C46H82O9/c1-3-5-7-9-11-13-15-17-19-20-21-23-25-27-29-31-33-35-42(48)54-40(39-53-46-45(51)44(50)43(49)41(37-47)55-46)38-52-36-34-32-30-28-26-24-22-18-16-14-12-10-8-6-4-2/h5,7,11,13,17,19,21,23,40-41,43-47,49-51H,3-4,6,8-10,12,14-16,18,20,22,24-39H2,1-2H3/b7-5-,13-11-,19-17-,23-21-. The zero-order valence-corrected chi connectivity index (χ0v) is 34.9. The van der Waals surface area contributed by atoms with Crippen LogP contribution in [0.2, 0.25) is 0 Å². The molecule has 0 aromatic carbocycles. The molecular weight excluding hydrogens is 696 g/mol. The van der Waals surface area contributed by atoms with Gasteiger partial charge in [-0.25, -0.2) is 0 Å². The quantitative estimate of drug-likeness (QED) is 0.0276. The van der Waals surface area contributed by atoms with Crippen LogP contribution in [0, 0.1) is 0 Å². The van der Waals surface area contributed by atoms with E-state index in [4.69, 9.17) is 18.9 Å². The number of ether oxygens (including phenoxy) is 4. The predicted molar refractivity (Wildman–Crippen MR) is 224 cm³/mol. The van der Waals surface area contributed by atoms with Gasteiger partial charge < -0.3 is 39.4 Å². The van der Waals surface area contributed by atoms with Crippen molar-refractivity contribution in [1.82, 2.24) is 0 Å². The number of hydrogen-bond acceptors (Lipinski definition) is 9. The molecule has 1 saturated heterocycles. The van der Waals surface area contributed by atoms with Gasteiger partial charge in [-0.3, -0.25) is 4.79 Å². The van der Waals surface area contributed by atoms with E-state index in [-0.39, 0.29) is 19.2 Å². The molecule has 0 aromatic heterocycles. The van der Waals surface area contributed by atoms with Crippen LogP contribution >= 0.6 is 0 Å². The molecule has 0 aliphatic carbocycles. The highest BCUT2D eigenvalue weighted by Gasteiger charge is 2.44. The zero-order valence-electron chi connectivity index (χ0n) is 34.9. The molecule has 1 aliphatic heterocycles. The molecule has 0 aromatic rings. The number of carbonyl (C=O) groups excluding carboxylic acids is 1. The summed E-state index contributed by atoms with van der Waals surface area (Å²) in [5, 5.41) is 40.1. The number of hydrogen-bond donors (Lipinski definition) is 4. The van der Waals surface area contributed by atoms with Gasteiger partial charge in [-0.2, -0.15) is 0 Å². The minimum absolute atomic E-state index is 0.123. The minimum atomic E-state index is -1.54. The van der Waals surface area contributed by atoms with E-state index in [0.717, 1.165) is 70.6 Å². The third-order valence-electron chi connectivity index (χ3n) is 10.0. The summed E-state index contributed by atoms with van der Waals surface area (Å²) in [4.78, 5) is 12.8. The van der Waals surface area contributed by atoms with E-state index in [1.165, 1.54) is 83.5 Å². The Balaban J connectivity index is 2.29. The summed E-state index contributed by atoms with van der Waals surface area (Å²) in [6.45, 7) is 4.42. The Kier molecular flexibility index (Phi) is 35.1. The van der Waals surface area contributed by atoms with Crippen LogP contribution in [0.25, 0.3) is 0 Å². The van der Waals surface area contributed by atoms with Crippen LogP contribution in [0.4, 0.5) is 0 Å². The van der Waals surface area contributed by atoms with E-state index in [1.54, 1.807) is 0 Å². The SMILES string of the molecule is CC/C=C\C/C=C\C/C=C\C/C=C\CCCCCCC(=O)OC(COCCCCCCCCCCCCCCCCC)COC1OC(CO)C(O)C(O)C1O. The first-order chi connectivity index (χ1) is 26.9. The summed E-state index contributed by atoms with van der Waals surface area (Å²) in [6, 6.07) is 0. The van der Waals surface area contributed by atoms with Crippen LogP contribution in [0.3, 0.4) is 0 Å². The maximum atomic E-state index is 12.8. The predicted octanol–water partition coefficient (Wildman–Crippen LogP) is 9.75. The zero-order chi connectivity index (χ0) is 40.0. The van der Waals surface area contributed by atoms with Gasteiger partial charge in [-0.15, -0.1) is 0 Å². The van der Waals surface area contributed by atoms with Crippen LogP contribution in [-0.2, 0) is 23.7 Å². The highest BCUT2D eigenvalue weighted by Crippen LogP contribution is 2.22. The second kappa shape index (κ2) is 37.7. The summed E-state index contributed by atoms with van der Waals surface area (Å²) in [7, 11) is 0. The number of carbonyl (C=O) groups is 1. The topological polar surface area (TPSA) is 135 Å². The van der Waals surface area contributed by atoms with Crippen molar-refractivity contribution >= 4 is 5.97 Å². The van der Waals surface area contributed by atoms with E-state index in [1.807, 2.05) is 0 Å². The molecule has 1 fully saturated rings. The Bertz CT molecular complexity index is 978. The Hall–Kier alpha value is -1.85. The number of esters is 1. The lowest BCUT2D eigenvalue weighted by Crippen LogP contribution is -2.59. The fourth-order valence-corrected chi connectivity index (χ4v) is 6.54. The molecule has 6 unspecified atom stereocenters. The molecule has 1 heterocycles. The molecule has 320 valence electrons. The second-order valence-electron chi connectivity index (χ2n) is 15.1. The third kappa shape index (κ3) is 29.1. The Morgan fingerprint density at radius 2 is 1.11 bits per heavy atom. The molecule has 0 spiro atoms. The molecule has 9 heteroatoms. The lowest BCUT2D eigenvalue weighted by atomic mass is 9.99. The van der Waals surface area contributed by atoms with Crippen molar-refractivity contribution in [1.29, 1.82) is 0 Å². The normalized spacial score (nSPS) is 21.2. The molecule has 0 bridgehead atoms. The van der Waals surface area contributed by atoms with Crippen molar-refractivity contribution in [2.45, 2.75) is 211 Å². The van der Waals surface area contributed by atoms with Crippen LogP contribution in [-0.4, -0.2) is 89.6 Å². The van der Waals surface area contributed by atoms with Crippen LogP contribution < -0.4 is 0 Å². The summed E-state index contributed by atoms with van der Waals surface area (Å²) >= 11 is 0. The van der Waals surface area contributed by atoms with Crippen molar-refractivity contribution in [3.63, 3.8) is 0 Å². The fraction of sp³-hybridized carbons (Fsp3) is 0.804. The fourth-order valence-electron chi connectivity index (χ4n) is 6.54. The second-order valence-corrected chi connectivity index (χ2v) is 15.1. The summed E-state index contributed by atoms with van der Waals surface area (Å²) in [6.07, 6.45) is 38.5. The van der Waals surface area contributed by atoms with Crippen LogP contribution in [0.15, 0.2) is 48.6 Å². The monoisotopic (exact) mass is 779 g/mol. The Labute approximate surface area is 335 Å². The third-order valence-corrected chi connectivity index (χ3v) is 10.0. The van der Waals surface area contributed by atoms with Crippen molar-refractivity contribution < 1.29 is 44.2 Å². The van der Waals surface area contributed by atoms with Crippen LogP contribution in [0.1, 0.15) is 174 Å². The summed E-state index contributed by atoms with van der Waals surface area (Å²) in [5.41, 5.74) is 0. The number of aliphatic hydroxyl groups is 4. The van der Waals surface area contributed by atoms with Gasteiger partial charge in [-0.1, -0.05) is 165 Å². The molecule has 4 N–H and O–H groups in total. The number of aliphatic hydroxyl groups excluding tert-OH is 4. The highest BCUT2D eigenvalue weighted by atomic mass is 16.7. The molecule has 1 aliphatic rings. The first-order valence-electron chi connectivity index (χ1n) is 22.2. The number of unbranched alkanes of at least 4 members (excludes halogenated alkanes) is 18. The van der Waals surface area contributed by atoms with E-state index < -0.39 is 43.4 Å². The van der Waals surface area contributed by atoms with Gasteiger partial charge in [0.2, 0.25) is 0 Å². The van der Waals surface area contributed by atoms with Crippen molar-refractivity contribution in [3.05, 3.63) is 48.6 Å². The first kappa shape index (κ1) is 51.2. The molecular formula is C46H82O9. The molecule has 0 saturated carbocycles. The van der Waals surface area contributed by atoms with Crippen molar-refractivity contribution in [2.75, 3.05) is 26.4 Å². The first-order valence-corrected chi connectivity index (χ1v) is 22.2. The average molecular weight is 779 g/mol. The molecule has 1 rings (SSSR count). The van der Waals surface area contributed by atoms with Gasteiger partial charge in [0.05, 0.1) is 19.8 Å². The van der Waals surface area contributed by atoms with Crippen molar-refractivity contribution in [2.24, 2.45) is 0 Å². The largest absolute Gasteiger partial charge is 0.457 e. The number of rotatable bonds is 37. The summed E-state index contributed by atoms with van der Waals surface area (Å²) < 4.78 is 22.8. The Morgan fingerprint density at radius 1 is 0.600 bits per heavy atom. The van der Waals surface area contributed by atoms with Crippen LogP contribution in [0.5, 0.6) is 0 Å². The minimum Gasteiger partial charge on any atom is -0.457 e. The molecule has 6 atom stereocenters. The molecule has 55 heavy (non-hydrogen) atoms. The van der Waals surface area contributed by atoms with E-state index >= 15 is 0 Å². The van der Waals surface area contributed by atoms with Gasteiger partial charge >= 0.3 is 5.97 Å².